The number of carbonyl (C=O) groups is 1. The van der Waals surface area contributed by atoms with Crippen LogP contribution in [0.5, 0.6) is 5.75 Å². The molecule has 0 aliphatic carbocycles. The summed E-state index contributed by atoms with van der Waals surface area (Å²) in [7, 11) is 0. The van der Waals surface area contributed by atoms with Gasteiger partial charge in [0, 0.05) is 16.7 Å². The maximum absolute atomic E-state index is 11.1. The van der Waals surface area contributed by atoms with Gasteiger partial charge in [0.05, 0.1) is 5.69 Å². The first kappa shape index (κ1) is 22.1. The van der Waals surface area contributed by atoms with E-state index in [1.165, 1.54) is 23.6 Å². The smallest absolute Gasteiger partial charge is 0.308 e. The first-order chi connectivity index (χ1) is 15.1. The third-order valence-electron chi connectivity index (χ3n) is 5.22. The van der Waals surface area contributed by atoms with Crippen molar-refractivity contribution in [2.45, 2.75) is 56.7 Å². The topological polar surface area (TPSA) is 57.0 Å². The third kappa shape index (κ3) is 4.70. The molecule has 0 spiro atoms. The van der Waals surface area contributed by atoms with Crippen LogP contribution in [-0.4, -0.2) is 21.0 Å². The van der Waals surface area contributed by atoms with Crippen molar-refractivity contribution < 1.29 is 9.53 Å². The van der Waals surface area contributed by atoms with Gasteiger partial charge in [0.25, 0.3) is 0 Å². The van der Waals surface area contributed by atoms with Gasteiger partial charge in [0.1, 0.15) is 16.8 Å². The lowest BCUT2D eigenvalue weighted by Crippen LogP contribution is -2.15. The van der Waals surface area contributed by atoms with Crippen molar-refractivity contribution in [3.63, 3.8) is 0 Å². The van der Waals surface area contributed by atoms with E-state index in [1.807, 2.05) is 18.2 Å². The molecule has 0 bridgehead atoms. The number of benzene rings is 3. The van der Waals surface area contributed by atoms with Gasteiger partial charge in [-0.2, -0.15) is 4.80 Å². The van der Waals surface area contributed by atoms with E-state index < -0.39 is 0 Å². The van der Waals surface area contributed by atoms with E-state index >= 15 is 0 Å². The minimum Gasteiger partial charge on any atom is -0.427 e. The Bertz CT molecular complexity index is 1300. The van der Waals surface area contributed by atoms with Crippen LogP contribution in [0.1, 0.15) is 44.4 Å². The summed E-state index contributed by atoms with van der Waals surface area (Å²) in [5.41, 5.74) is 6.48. The average Bonchev–Trinajstić information content (AvgIpc) is 3.13. The first-order valence-electron chi connectivity index (χ1n) is 10.6. The molecule has 0 atom stereocenters. The molecule has 164 valence electrons. The summed E-state index contributed by atoms with van der Waals surface area (Å²) in [6.07, 6.45) is 0. The minimum atomic E-state index is -0.322. The summed E-state index contributed by atoms with van der Waals surface area (Å²) in [6, 6.07) is 18.0. The summed E-state index contributed by atoms with van der Waals surface area (Å²) in [5, 5.41) is 9.54. The molecule has 32 heavy (non-hydrogen) atoms. The molecule has 4 rings (SSSR count). The van der Waals surface area contributed by atoms with Crippen LogP contribution in [0, 0.1) is 13.8 Å². The highest BCUT2D eigenvalue weighted by atomic mass is 32.2. The van der Waals surface area contributed by atoms with Crippen molar-refractivity contribution in [1.82, 2.24) is 15.0 Å². The molecule has 1 heterocycles. The Balaban J connectivity index is 1.64. The van der Waals surface area contributed by atoms with Crippen LogP contribution in [0.2, 0.25) is 0 Å². The van der Waals surface area contributed by atoms with Gasteiger partial charge in [-0.05, 0) is 84.5 Å². The lowest BCUT2D eigenvalue weighted by molar-refractivity contribution is -0.131. The molecular weight excluding hydrogens is 418 g/mol. The van der Waals surface area contributed by atoms with Crippen LogP contribution in [0.3, 0.4) is 0 Å². The van der Waals surface area contributed by atoms with Crippen LogP contribution in [0.4, 0.5) is 0 Å². The molecule has 0 fully saturated rings. The molecule has 0 aliphatic heterocycles. The Morgan fingerprint density at radius 1 is 0.906 bits per heavy atom. The second-order valence-electron chi connectivity index (χ2n) is 9.01. The first-order valence-corrected chi connectivity index (χ1v) is 11.4. The Morgan fingerprint density at radius 3 is 2.22 bits per heavy atom. The number of carbonyl (C=O) groups excluding carboxylic acids is 1. The average molecular weight is 446 g/mol. The summed E-state index contributed by atoms with van der Waals surface area (Å²) in [6.45, 7) is 12.3. The van der Waals surface area contributed by atoms with Crippen LogP contribution in [0.25, 0.3) is 16.7 Å². The number of fused-ring (bicyclic) bond motifs is 1. The molecule has 3 aromatic carbocycles. The zero-order chi connectivity index (χ0) is 23.0. The normalized spacial score (nSPS) is 11.7. The highest BCUT2D eigenvalue weighted by Crippen LogP contribution is 2.32. The Morgan fingerprint density at radius 2 is 1.56 bits per heavy atom. The molecule has 0 aliphatic rings. The standard InChI is InChI=1S/C26H27N3O2S/c1-16-13-22(26(4,5)6)17(2)25(14-16)29-27-23-12-11-21(15-24(23)28-29)32-20-9-7-19(8-10-20)31-18(3)30/h7-15H,1-6H3. The quantitative estimate of drug-likeness (QED) is 0.268. The van der Waals surface area contributed by atoms with Crippen LogP contribution >= 0.6 is 11.8 Å². The summed E-state index contributed by atoms with van der Waals surface area (Å²) < 4.78 is 5.10. The lowest BCUT2D eigenvalue weighted by atomic mass is 9.82. The number of nitrogens with zero attached hydrogens (tertiary/aromatic N) is 3. The summed E-state index contributed by atoms with van der Waals surface area (Å²) in [4.78, 5) is 15.0. The minimum absolute atomic E-state index is 0.0479. The van der Waals surface area contributed by atoms with Crippen LogP contribution in [0.15, 0.2) is 64.4 Å². The van der Waals surface area contributed by atoms with Crippen molar-refractivity contribution in [2.24, 2.45) is 0 Å². The van der Waals surface area contributed by atoms with E-state index in [4.69, 9.17) is 14.9 Å². The molecule has 6 heteroatoms. The molecule has 0 radical (unpaired) electrons. The fraction of sp³-hybridized carbons (Fsp3) is 0.269. The number of hydrogen-bond donors (Lipinski definition) is 0. The van der Waals surface area contributed by atoms with E-state index in [9.17, 15) is 4.79 Å². The van der Waals surface area contributed by atoms with E-state index in [0.717, 1.165) is 26.5 Å². The summed E-state index contributed by atoms with van der Waals surface area (Å²) >= 11 is 1.63. The lowest BCUT2D eigenvalue weighted by Gasteiger charge is -2.24. The molecule has 0 amide bonds. The second-order valence-corrected chi connectivity index (χ2v) is 10.2. The van der Waals surface area contributed by atoms with Crippen LogP contribution in [-0.2, 0) is 10.2 Å². The summed E-state index contributed by atoms with van der Waals surface area (Å²) in [5.74, 6) is 0.223. The van der Waals surface area contributed by atoms with Gasteiger partial charge in [-0.1, -0.05) is 38.6 Å². The SMILES string of the molecule is CC(=O)Oc1ccc(Sc2ccc3nn(-c4cc(C)cc(C(C)(C)C)c4C)nc3c2)cc1. The van der Waals surface area contributed by atoms with E-state index in [2.05, 4.69) is 58.9 Å². The monoisotopic (exact) mass is 445 g/mol. The maximum atomic E-state index is 11.1. The van der Waals surface area contributed by atoms with Gasteiger partial charge in [-0.25, -0.2) is 0 Å². The molecule has 4 aromatic rings. The Hall–Kier alpha value is -3.12. The van der Waals surface area contributed by atoms with Crippen molar-refractivity contribution >= 4 is 28.8 Å². The molecule has 5 nitrogen and oxygen atoms in total. The molecular formula is C26H27N3O2S. The number of hydrogen-bond acceptors (Lipinski definition) is 5. The number of aryl methyl sites for hydroxylation is 1. The highest BCUT2D eigenvalue weighted by molar-refractivity contribution is 7.99. The van der Waals surface area contributed by atoms with Crippen molar-refractivity contribution in [3.8, 4) is 11.4 Å². The number of rotatable bonds is 4. The van der Waals surface area contributed by atoms with E-state index in [1.54, 1.807) is 28.7 Å². The van der Waals surface area contributed by atoms with Crippen LogP contribution < -0.4 is 4.74 Å². The van der Waals surface area contributed by atoms with Gasteiger partial charge in [-0.3, -0.25) is 4.79 Å². The van der Waals surface area contributed by atoms with Gasteiger partial charge in [-0.15, -0.1) is 10.2 Å². The van der Waals surface area contributed by atoms with Crippen molar-refractivity contribution in [2.75, 3.05) is 0 Å². The van der Waals surface area contributed by atoms with Gasteiger partial charge in [0.2, 0.25) is 0 Å². The van der Waals surface area contributed by atoms with Crippen molar-refractivity contribution in [3.05, 3.63) is 71.3 Å². The molecule has 0 saturated carbocycles. The van der Waals surface area contributed by atoms with Gasteiger partial charge < -0.3 is 4.74 Å². The largest absolute Gasteiger partial charge is 0.427 e. The zero-order valence-electron chi connectivity index (χ0n) is 19.3. The van der Waals surface area contributed by atoms with Gasteiger partial charge >= 0.3 is 5.97 Å². The zero-order valence-corrected chi connectivity index (χ0v) is 20.1. The predicted octanol–water partition coefficient (Wildman–Crippen LogP) is 6.41. The fourth-order valence-electron chi connectivity index (χ4n) is 3.77. The Labute approximate surface area is 192 Å². The van der Waals surface area contributed by atoms with Crippen molar-refractivity contribution in [1.29, 1.82) is 0 Å². The fourth-order valence-corrected chi connectivity index (χ4v) is 4.62. The van der Waals surface area contributed by atoms with E-state index in [-0.39, 0.29) is 11.4 Å². The molecule has 0 unspecified atom stereocenters. The number of aromatic nitrogens is 3. The van der Waals surface area contributed by atoms with Gasteiger partial charge in [0.15, 0.2) is 0 Å². The maximum Gasteiger partial charge on any atom is 0.308 e. The second kappa shape index (κ2) is 8.43. The molecule has 0 saturated heterocycles. The number of esters is 1. The molecule has 0 N–H and O–H groups in total. The Kier molecular flexibility index (Phi) is 5.82. The third-order valence-corrected chi connectivity index (χ3v) is 6.22. The number of ether oxygens (including phenoxy) is 1. The predicted molar refractivity (Wildman–Crippen MR) is 129 cm³/mol. The highest BCUT2D eigenvalue weighted by Gasteiger charge is 2.20. The van der Waals surface area contributed by atoms with E-state index in [0.29, 0.717) is 5.75 Å². The molecule has 1 aromatic heterocycles.